The number of ether oxygens (including phenoxy) is 2. The number of methoxy groups -OCH3 is 2. The molecule has 1 aliphatic carbocycles. The number of aliphatic hydroxyl groups is 1. The van der Waals surface area contributed by atoms with Crippen molar-refractivity contribution in [1.82, 2.24) is 0 Å². The second kappa shape index (κ2) is 6.96. The van der Waals surface area contributed by atoms with Crippen LogP contribution in [0.3, 0.4) is 0 Å². The number of carbonyl (C=O) groups is 3. The molecule has 6 heteroatoms. The van der Waals surface area contributed by atoms with Crippen molar-refractivity contribution in [2.24, 2.45) is 11.8 Å². The van der Waals surface area contributed by atoms with Crippen LogP contribution in [0.15, 0.2) is 18.2 Å². The Bertz CT molecular complexity index is 706. The van der Waals surface area contributed by atoms with Crippen LogP contribution < -0.4 is 9.47 Å². The van der Waals surface area contributed by atoms with Gasteiger partial charge in [-0.25, -0.2) is 0 Å². The number of carbonyl (C=O) groups excluding carboxylic acids is 3. The van der Waals surface area contributed by atoms with Crippen LogP contribution in [-0.2, 0) is 14.4 Å². The minimum absolute atomic E-state index is 0.217. The van der Waals surface area contributed by atoms with Gasteiger partial charge in [-0.1, -0.05) is 6.07 Å². The highest BCUT2D eigenvalue weighted by Crippen LogP contribution is 2.47. The standard InChI is InChI=1S/C19H24O6/c1-10(20)16-13(22)9-19(3,23)18(11(2)21)17(16)12-6-7-14(24-4)15(8-12)25-5/h6-8,16-18,23H,9H2,1-5H3/t16-,17-,18+,19-/m1/s1. The summed E-state index contributed by atoms with van der Waals surface area (Å²) in [6.07, 6.45) is -0.217. The number of rotatable bonds is 5. The van der Waals surface area contributed by atoms with Crippen molar-refractivity contribution < 1.29 is 29.0 Å². The zero-order valence-corrected chi connectivity index (χ0v) is 15.2. The lowest BCUT2D eigenvalue weighted by molar-refractivity contribution is -0.151. The summed E-state index contributed by atoms with van der Waals surface area (Å²) >= 11 is 0. The average molecular weight is 348 g/mol. The van der Waals surface area contributed by atoms with Crippen molar-refractivity contribution in [3.63, 3.8) is 0 Å². The number of hydrogen-bond donors (Lipinski definition) is 1. The molecular formula is C19H24O6. The first-order valence-corrected chi connectivity index (χ1v) is 8.12. The van der Waals surface area contributed by atoms with E-state index in [2.05, 4.69) is 0 Å². The summed E-state index contributed by atoms with van der Waals surface area (Å²) in [7, 11) is 2.98. The van der Waals surface area contributed by atoms with Crippen LogP contribution in [0.4, 0.5) is 0 Å². The van der Waals surface area contributed by atoms with Crippen molar-refractivity contribution in [3.8, 4) is 11.5 Å². The summed E-state index contributed by atoms with van der Waals surface area (Å²) in [5, 5.41) is 10.7. The van der Waals surface area contributed by atoms with Gasteiger partial charge in [0.1, 0.15) is 17.3 Å². The maximum absolute atomic E-state index is 12.5. The third-order valence-electron chi connectivity index (χ3n) is 4.94. The maximum Gasteiger partial charge on any atom is 0.160 e. The monoisotopic (exact) mass is 348 g/mol. The Balaban J connectivity index is 2.66. The van der Waals surface area contributed by atoms with Crippen molar-refractivity contribution in [1.29, 1.82) is 0 Å². The van der Waals surface area contributed by atoms with Gasteiger partial charge in [0.15, 0.2) is 11.5 Å². The Kier molecular flexibility index (Phi) is 5.32. The van der Waals surface area contributed by atoms with Crippen molar-refractivity contribution >= 4 is 17.3 Å². The third kappa shape index (κ3) is 3.44. The largest absolute Gasteiger partial charge is 0.493 e. The molecule has 1 aromatic rings. The van der Waals surface area contributed by atoms with E-state index in [1.54, 1.807) is 18.2 Å². The summed E-state index contributed by atoms with van der Waals surface area (Å²) in [5.74, 6) is -2.57. The van der Waals surface area contributed by atoms with E-state index in [4.69, 9.17) is 9.47 Å². The first-order valence-electron chi connectivity index (χ1n) is 8.12. The molecule has 0 spiro atoms. The fourth-order valence-corrected chi connectivity index (χ4v) is 3.97. The highest BCUT2D eigenvalue weighted by Gasteiger charge is 2.53. The highest BCUT2D eigenvalue weighted by atomic mass is 16.5. The first kappa shape index (κ1) is 19.1. The molecule has 0 unspecified atom stereocenters. The molecule has 6 nitrogen and oxygen atoms in total. The second-order valence-corrected chi connectivity index (χ2v) is 6.82. The minimum atomic E-state index is -1.51. The van der Waals surface area contributed by atoms with Gasteiger partial charge in [0.2, 0.25) is 0 Å². The molecule has 1 aliphatic rings. The molecule has 2 rings (SSSR count). The van der Waals surface area contributed by atoms with E-state index in [1.165, 1.54) is 35.0 Å². The normalized spacial score (nSPS) is 29.2. The molecule has 0 aliphatic heterocycles. The Hall–Kier alpha value is -2.21. The molecule has 0 bridgehead atoms. The molecule has 0 aromatic heterocycles. The lowest BCUT2D eigenvalue weighted by Crippen LogP contribution is -2.53. The van der Waals surface area contributed by atoms with Gasteiger partial charge in [-0.3, -0.25) is 14.4 Å². The van der Waals surface area contributed by atoms with E-state index in [1.807, 2.05) is 0 Å². The molecule has 1 aromatic carbocycles. The Morgan fingerprint density at radius 2 is 1.72 bits per heavy atom. The molecule has 0 saturated heterocycles. The van der Waals surface area contributed by atoms with Gasteiger partial charge in [-0.15, -0.1) is 0 Å². The quantitative estimate of drug-likeness (QED) is 0.818. The number of ketones is 3. The van der Waals surface area contributed by atoms with E-state index in [-0.39, 0.29) is 23.8 Å². The molecule has 1 fully saturated rings. The second-order valence-electron chi connectivity index (χ2n) is 6.82. The van der Waals surface area contributed by atoms with Crippen molar-refractivity contribution in [3.05, 3.63) is 23.8 Å². The van der Waals surface area contributed by atoms with E-state index < -0.39 is 23.4 Å². The van der Waals surface area contributed by atoms with Gasteiger partial charge in [-0.2, -0.15) is 0 Å². The van der Waals surface area contributed by atoms with Crippen LogP contribution in [-0.4, -0.2) is 42.3 Å². The molecule has 0 heterocycles. The summed E-state index contributed by atoms with van der Waals surface area (Å²) in [6, 6.07) is 5.02. The molecule has 1 saturated carbocycles. The predicted molar refractivity (Wildman–Crippen MR) is 90.9 cm³/mol. The highest BCUT2D eigenvalue weighted by molar-refractivity contribution is 6.05. The Labute approximate surface area is 147 Å². The van der Waals surface area contributed by atoms with Crippen molar-refractivity contribution in [2.45, 2.75) is 38.7 Å². The number of hydrogen-bond acceptors (Lipinski definition) is 6. The summed E-state index contributed by atoms with van der Waals surface area (Å²) in [5.41, 5.74) is -0.918. The van der Waals surface area contributed by atoms with Crippen LogP contribution in [0.1, 0.15) is 38.7 Å². The molecule has 25 heavy (non-hydrogen) atoms. The number of benzene rings is 1. The summed E-state index contributed by atoms with van der Waals surface area (Å²) < 4.78 is 10.5. The Morgan fingerprint density at radius 1 is 1.12 bits per heavy atom. The lowest BCUT2D eigenvalue weighted by Gasteiger charge is -2.44. The van der Waals surface area contributed by atoms with Gasteiger partial charge in [0, 0.05) is 12.3 Å². The molecule has 136 valence electrons. The predicted octanol–water partition coefficient (Wildman–Crippen LogP) is 1.92. The minimum Gasteiger partial charge on any atom is -0.493 e. The zero-order chi connectivity index (χ0) is 18.9. The van der Waals surface area contributed by atoms with Gasteiger partial charge < -0.3 is 14.6 Å². The number of Topliss-reactive ketones (excluding diaryl/α,β-unsaturated/α-hetero) is 3. The molecule has 0 amide bonds. The topological polar surface area (TPSA) is 89.9 Å². The lowest BCUT2D eigenvalue weighted by atomic mass is 9.60. The SMILES string of the molecule is COc1ccc([C@@H]2[C@H](C(C)=O)C(=O)C[C@@](C)(O)[C@H]2C(C)=O)cc1OC. The van der Waals surface area contributed by atoms with E-state index in [9.17, 15) is 19.5 Å². The first-order chi connectivity index (χ1) is 11.6. The molecule has 0 radical (unpaired) electrons. The smallest absolute Gasteiger partial charge is 0.160 e. The molecule has 1 N–H and O–H groups in total. The molecule has 4 atom stereocenters. The van der Waals surface area contributed by atoms with Crippen LogP contribution >= 0.6 is 0 Å². The Morgan fingerprint density at radius 3 is 2.20 bits per heavy atom. The van der Waals surface area contributed by atoms with E-state index in [0.29, 0.717) is 17.1 Å². The fourth-order valence-electron chi connectivity index (χ4n) is 3.97. The van der Waals surface area contributed by atoms with Crippen LogP contribution in [0.5, 0.6) is 11.5 Å². The zero-order valence-electron chi connectivity index (χ0n) is 15.2. The van der Waals surface area contributed by atoms with Crippen molar-refractivity contribution in [2.75, 3.05) is 14.2 Å². The van der Waals surface area contributed by atoms with Crippen LogP contribution in [0.25, 0.3) is 0 Å². The van der Waals surface area contributed by atoms with Crippen LogP contribution in [0, 0.1) is 11.8 Å². The summed E-state index contributed by atoms with van der Waals surface area (Å²) in [6.45, 7) is 4.19. The third-order valence-corrected chi connectivity index (χ3v) is 4.94. The van der Waals surface area contributed by atoms with E-state index >= 15 is 0 Å². The van der Waals surface area contributed by atoms with E-state index in [0.717, 1.165) is 0 Å². The summed E-state index contributed by atoms with van der Waals surface area (Å²) in [4.78, 5) is 37.0. The average Bonchev–Trinajstić information content (AvgIpc) is 2.51. The van der Waals surface area contributed by atoms with Gasteiger partial charge >= 0.3 is 0 Å². The van der Waals surface area contributed by atoms with Gasteiger partial charge in [0.05, 0.1) is 31.7 Å². The maximum atomic E-state index is 12.5. The molecular weight excluding hydrogens is 324 g/mol. The van der Waals surface area contributed by atoms with Crippen LogP contribution in [0.2, 0.25) is 0 Å². The van der Waals surface area contributed by atoms with Gasteiger partial charge in [0.25, 0.3) is 0 Å². The van der Waals surface area contributed by atoms with Gasteiger partial charge in [-0.05, 0) is 38.5 Å². The fraction of sp³-hybridized carbons (Fsp3) is 0.526.